The number of ether oxygens (including phenoxy) is 1. The third kappa shape index (κ3) is 5.84. The molecule has 30 heavy (non-hydrogen) atoms. The topological polar surface area (TPSA) is 88.9 Å². The van der Waals surface area contributed by atoms with Crippen molar-refractivity contribution < 1.29 is 17.9 Å². The first-order chi connectivity index (χ1) is 14.2. The predicted molar refractivity (Wildman–Crippen MR) is 115 cm³/mol. The molecule has 164 valence electrons. The number of para-hydroxylation sites is 1. The zero-order chi connectivity index (χ0) is 22.3. The van der Waals surface area contributed by atoms with E-state index in [1.807, 2.05) is 0 Å². The van der Waals surface area contributed by atoms with Crippen LogP contribution in [-0.4, -0.2) is 61.4 Å². The minimum Gasteiger partial charge on any atom is -0.490 e. The maximum Gasteiger partial charge on any atom is 0.251 e. The van der Waals surface area contributed by atoms with Crippen LogP contribution < -0.4 is 10.3 Å². The Balaban J connectivity index is 2.05. The number of carbonyl (C=O) groups is 1. The zero-order valence-electron chi connectivity index (χ0n) is 17.2. The largest absolute Gasteiger partial charge is 0.490 e. The van der Waals surface area contributed by atoms with Crippen molar-refractivity contribution in [2.45, 2.75) is 25.3 Å². The molecule has 10 heteroatoms. The first-order valence-electron chi connectivity index (χ1n) is 9.52. The van der Waals surface area contributed by atoms with Gasteiger partial charge in [0.1, 0.15) is 18.9 Å². The summed E-state index contributed by atoms with van der Waals surface area (Å²) in [5.74, 6) is 0.169. The Morgan fingerprint density at radius 3 is 2.43 bits per heavy atom. The molecule has 0 atom stereocenters. The Labute approximate surface area is 181 Å². The lowest BCUT2D eigenvalue weighted by atomic mass is 10.3. The Morgan fingerprint density at radius 2 is 1.80 bits per heavy atom. The molecule has 0 N–H and O–H groups in total. The van der Waals surface area contributed by atoms with E-state index in [1.165, 1.54) is 21.5 Å². The minimum atomic E-state index is -3.73. The first kappa shape index (κ1) is 23.9. The van der Waals surface area contributed by atoms with Crippen LogP contribution in [0.2, 0.25) is 5.02 Å². The van der Waals surface area contributed by atoms with Gasteiger partial charge in [0.2, 0.25) is 15.9 Å². The summed E-state index contributed by atoms with van der Waals surface area (Å²) in [5, 5.41) is 0.476. The standard InChI is InChI=1S/C20H26ClN3O5S/c1-4-24(5-2)30(27,28)16-10-11-19(25)23(14-16)15-20(26)22(3)12-13-29-18-9-7-6-8-17(18)21/h6-11,14H,4-5,12-13,15H2,1-3H3. The summed E-state index contributed by atoms with van der Waals surface area (Å²) in [6.07, 6.45) is 1.21. The fourth-order valence-electron chi connectivity index (χ4n) is 2.74. The van der Waals surface area contributed by atoms with Crippen molar-refractivity contribution in [2.75, 3.05) is 33.3 Å². The van der Waals surface area contributed by atoms with E-state index in [4.69, 9.17) is 16.3 Å². The quantitative estimate of drug-likeness (QED) is 0.547. The molecule has 8 nitrogen and oxygen atoms in total. The number of hydrogen-bond donors (Lipinski definition) is 0. The van der Waals surface area contributed by atoms with Crippen molar-refractivity contribution in [3.8, 4) is 5.75 Å². The number of sulfonamides is 1. The highest BCUT2D eigenvalue weighted by Crippen LogP contribution is 2.22. The molecule has 0 fully saturated rings. The van der Waals surface area contributed by atoms with Crippen molar-refractivity contribution >= 4 is 27.5 Å². The second-order valence-corrected chi connectivity index (χ2v) is 8.86. The maximum atomic E-state index is 12.7. The van der Waals surface area contributed by atoms with Gasteiger partial charge in [0.25, 0.3) is 5.56 Å². The van der Waals surface area contributed by atoms with E-state index < -0.39 is 15.6 Å². The molecule has 1 aromatic heterocycles. The van der Waals surface area contributed by atoms with Crippen LogP contribution >= 0.6 is 11.6 Å². The van der Waals surface area contributed by atoms with Crippen LogP contribution in [0.3, 0.4) is 0 Å². The number of rotatable bonds is 10. The second kappa shape index (κ2) is 10.6. The van der Waals surface area contributed by atoms with Crippen LogP contribution in [0.25, 0.3) is 0 Å². The molecule has 0 bridgehead atoms. The summed E-state index contributed by atoms with van der Waals surface area (Å²) in [7, 11) is -2.15. The normalized spacial score (nSPS) is 11.5. The van der Waals surface area contributed by atoms with Gasteiger partial charge < -0.3 is 14.2 Å². The summed E-state index contributed by atoms with van der Waals surface area (Å²) >= 11 is 6.03. The molecule has 0 spiro atoms. The van der Waals surface area contributed by atoms with Gasteiger partial charge >= 0.3 is 0 Å². The monoisotopic (exact) mass is 455 g/mol. The second-order valence-electron chi connectivity index (χ2n) is 6.51. The van der Waals surface area contributed by atoms with Crippen LogP contribution in [0, 0.1) is 0 Å². The van der Waals surface area contributed by atoms with Gasteiger partial charge in [-0.1, -0.05) is 37.6 Å². The van der Waals surface area contributed by atoms with E-state index in [0.29, 0.717) is 23.9 Å². The number of nitrogens with zero attached hydrogens (tertiary/aromatic N) is 3. The van der Waals surface area contributed by atoms with E-state index in [9.17, 15) is 18.0 Å². The number of hydrogen-bond acceptors (Lipinski definition) is 5. The Kier molecular flexibility index (Phi) is 8.45. The van der Waals surface area contributed by atoms with Crippen LogP contribution in [0.4, 0.5) is 0 Å². The van der Waals surface area contributed by atoms with Crippen molar-refractivity contribution in [2.24, 2.45) is 0 Å². The molecule has 0 unspecified atom stereocenters. The van der Waals surface area contributed by atoms with E-state index >= 15 is 0 Å². The molecular formula is C20H26ClN3O5S. The van der Waals surface area contributed by atoms with E-state index in [0.717, 1.165) is 10.6 Å². The van der Waals surface area contributed by atoms with Gasteiger partial charge in [-0.15, -0.1) is 0 Å². The molecular weight excluding hydrogens is 430 g/mol. The van der Waals surface area contributed by atoms with Crippen molar-refractivity contribution in [1.82, 2.24) is 13.8 Å². The average molecular weight is 456 g/mol. The highest BCUT2D eigenvalue weighted by Gasteiger charge is 2.23. The molecule has 1 aromatic carbocycles. The Bertz CT molecular complexity index is 1030. The summed E-state index contributed by atoms with van der Waals surface area (Å²) in [6.45, 7) is 4.31. The van der Waals surface area contributed by atoms with Crippen molar-refractivity contribution in [3.63, 3.8) is 0 Å². The molecule has 0 saturated carbocycles. The van der Waals surface area contributed by atoms with Gasteiger partial charge in [-0.05, 0) is 18.2 Å². The lowest BCUT2D eigenvalue weighted by Gasteiger charge is -2.20. The third-order valence-corrected chi connectivity index (χ3v) is 6.90. The maximum absolute atomic E-state index is 12.7. The Hall–Kier alpha value is -2.36. The fourth-order valence-corrected chi connectivity index (χ4v) is 4.41. The third-order valence-electron chi connectivity index (χ3n) is 4.55. The average Bonchev–Trinajstić information content (AvgIpc) is 2.71. The lowest BCUT2D eigenvalue weighted by molar-refractivity contribution is -0.130. The molecule has 0 aliphatic carbocycles. The van der Waals surface area contributed by atoms with Gasteiger partial charge in [0, 0.05) is 32.4 Å². The summed E-state index contributed by atoms with van der Waals surface area (Å²) in [5.41, 5.74) is -0.456. The van der Waals surface area contributed by atoms with Crippen molar-refractivity contribution in [1.29, 1.82) is 0 Å². The summed E-state index contributed by atoms with van der Waals surface area (Å²) in [6, 6.07) is 9.43. The first-order valence-corrected chi connectivity index (χ1v) is 11.3. The molecule has 2 rings (SSSR count). The number of amides is 1. The van der Waals surface area contributed by atoms with E-state index in [2.05, 4.69) is 0 Å². The number of carbonyl (C=O) groups excluding carboxylic acids is 1. The molecule has 0 aliphatic heterocycles. The molecule has 0 saturated heterocycles. The van der Waals surface area contributed by atoms with Gasteiger partial charge in [-0.2, -0.15) is 4.31 Å². The smallest absolute Gasteiger partial charge is 0.251 e. The highest BCUT2D eigenvalue weighted by molar-refractivity contribution is 7.89. The molecule has 2 aromatic rings. The van der Waals surface area contributed by atoms with Crippen LogP contribution in [0.1, 0.15) is 13.8 Å². The van der Waals surface area contributed by atoms with Gasteiger partial charge in [-0.3, -0.25) is 9.59 Å². The fraction of sp³-hybridized carbons (Fsp3) is 0.400. The molecule has 0 radical (unpaired) electrons. The number of benzene rings is 1. The molecule has 1 heterocycles. The SMILES string of the molecule is CCN(CC)S(=O)(=O)c1ccc(=O)n(CC(=O)N(C)CCOc2ccccc2Cl)c1. The predicted octanol–water partition coefficient (Wildman–Crippen LogP) is 2.07. The number of halogens is 1. The summed E-state index contributed by atoms with van der Waals surface area (Å²) in [4.78, 5) is 26.0. The Morgan fingerprint density at radius 1 is 1.13 bits per heavy atom. The van der Waals surface area contributed by atoms with Gasteiger partial charge in [-0.25, -0.2) is 8.42 Å². The van der Waals surface area contributed by atoms with Crippen molar-refractivity contribution in [3.05, 3.63) is 58.0 Å². The minimum absolute atomic E-state index is 0.0247. The summed E-state index contributed by atoms with van der Waals surface area (Å²) < 4.78 is 33.3. The molecule has 1 amide bonds. The zero-order valence-corrected chi connectivity index (χ0v) is 18.8. The van der Waals surface area contributed by atoms with Crippen LogP contribution in [-0.2, 0) is 21.4 Å². The van der Waals surface area contributed by atoms with Gasteiger partial charge in [0.15, 0.2) is 0 Å². The number of pyridine rings is 1. The highest BCUT2D eigenvalue weighted by atomic mass is 35.5. The van der Waals surface area contributed by atoms with E-state index in [-0.39, 0.29) is 30.5 Å². The van der Waals surface area contributed by atoms with E-state index in [1.54, 1.807) is 45.2 Å². The number of likely N-dealkylation sites (N-methyl/N-ethyl adjacent to an activating group) is 1. The molecule has 0 aliphatic rings. The lowest BCUT2D eigenvalue weighted by Crippen LogP contribution is -2.36. The van der Waals surface area contributed by atoms with Gasteiger partial charge in [0.05, 0.1) is 16.5 Å². The van der Waals surface area contributed by atoms with Crippen LogP contribution in [0.5, 0.6) is 5.75 Å². The van der Waals surface area contributed by atoms with Crippen LogP contribution in [0.15, 0.2) is 52.3 Å². The number of aromatic nitrogens is 1.